The SMILES string of the molecule is Cc1cc(O)n(-c2ccccc2Cl)n1. The van der Waals surface area contributed by atoms with Crippen LogP contribution >= 0.6 is 11.6 Å². The van der Waals surface area contributed by atoms with Crippen LogP contribution in [0.3, 0.4) is 0 Å². The zero-order valence-electron chi connectivity index (χ0n) is 7.61. The van der Waals surface area contributed by atoms with Crippen LogP contribution in [0, 0.1) is 6.92 Å². The molecule has 0 unspecified atom stereocenters. The maximum absolute atomic E-state index is 9.55. The van der Waals surface area contributed by atoms with E-state index in [2.05, 4.69) is 5.10 Å². The molecule has 3 nitrogen and oxygen atoms in total. The van der Waals surface area contributed by atoms with E-state index >= 15 is 0 Å². The zero-order chi connectivity index (χ0) is 10.1. The predicted octanol–water partition coefficient (Wildman–Crippen LogP) is 2.54. The molecule has 0 saturated carbocycles. The van der Waals surface area contributed by atoms with Gasteiger partial charge in [0.1, 0.15) is 0 Å². The highest BCUT2D eigenvalue weighted by atomic mass is 35.5. The summed E-state index contributed by atoms with van der Waals surface area (Å²) >= 11 is 5.97. The number of benzene rings is 1. The van der Waals surface area contributed by atoms with Gasteiger partial charge in [-0.15, -0.1) is 0 Å². The number of hydrogen-bond acceptors (Lipinski definition) is 2. The Morgan fingerprint density at radius 3 is 2.64 bits per heavy atom. The normalized spacial score (nSPS) is 10.4. The van der Waals surface area contributed by atoms with Gasteiger partial charge in [0, 0.05) is 6.07 Å². The Bertz CT molecular complexity index is 465. The third kappa shape index (κ3) is 1.46. The second kappa shape index (κ2) is 3.35. The molecule has 0 atom stereocenters. The van der Waals surface area contributed by atoms with Gasteiger partial charge in [-0.05, 0) is 19.1 Å². The molecule has 0 radical (unpaired) electrons. The first-order valence-electron chi connectivity index (χ1n) is 4.19. The minimum atomic E-state index is 0.0931. The molecule has 0 spiro atoms. The van der Waals surface area contributed by atoms with Gasteiger partial charge in [-0.1, -0.05) is 23.7 Å². The fourth-order valence-electron chi connectivity index (χ4n) is 1.29. The Morgan fingerprint density at radius 1 is 1.36 bits per heavy atom. The number of para-hydroxylation sites is 1. The van der Waals surface area contributed by atoms with E-state index in [0.29, 0.717) is 10.7 Å². The third-order valence-electron chi connectivity index (χ3n) is 1.89. The Kier molecular flexibility index (Phi) is 2.17. The van der Waals surface area contributed by atoms with Crippen LogP contribution in [0.2, 0.25) is 5.02 Å². The lowest BCUT2D eigenvalue weighted by Gasteiger charge is -2.04. The Hall–Kier alpha value is -1.48. The Labute approximate surface area is 86.6 Å². The Morgan fingerprint density at radius 2 is 2.07 bits per heavy atom. The number of rotatable bonds is 1. The number of aryl methyl sites for hydroxylation is 1. The molecule has 1 heterocycles. The number of aromatic nitrogens is 2. The number of nitrogens with zero attached hydrogens (tertiary/aromatic N) is 2. The molecule has 1 aromatic carbocycles. The van der Waals surface area contributed by atoms with Crippen molar-refractivity contribution in [1.82, 2.24) is 9.78 Å². The fraction of sp³-hybridized carbons (Fsp3) is 0.100. The van der Waals surface area contributed by atoms with Crippen LogP contribution in [-0.2, 0) is 0 Å². The van der Waals surface area contributed by atoms with E-state index in [0.717, 1.165) is 5.69 Å². The Balaban J connectivity index is 2.60. The van der Waals surface area contributed by atoms with E-state index in [4.69, 9.17) is 11.6 Å². The van der Waals surface area contributed by atoms with Crippen LogP contribution in [0.1, 0.15) is 5.69 Å². The highest BCUT2D eigenvalue weighted by Crippen LogP contribution is 2.23. The average molecular weight is 209 g/mol. The highest BCUT2D eigenvalue weighted by molar-refractivity contribution is 6.32. The van der Waals surface area contributed by atoms with E-state index in [9.17, 15) is 5.11 Å². The molecule has 0 aliphatic carbocycles. The minimum Gasteiger partial charge on any atom is -0.493 e. The van der Waals surface area contributed by atoms with Gasteiger partial charge in [-0.2, -0.15) is 9.78 Å². The van der Waals surface area contributed by atoms with Gasteiger partial charge in [0.2, 0.25) is 5.88 Å². The largest absolute Gasteiger partial charge is 0.493 e. The van der Waals surface area contributed by atoms with Crippen LogP contribution in [0.5, 0.6) is 5.88 Å². The van der Waals surface area contributed by atoms with Crippen molar-refractivity contribution in [1.29, 1.82) is 0 Å². The quantitative estimate of drug-likeness (QED) is 0.782. The second-order valence-corrected chi connectivity index (χ2v) is 3.41. The molecule has 1 N–H and O–H groups in total. The van der Waals surface area contributed by atoms with Crippen LogP contribution < -0.4 is 0 Å². The van der Waals surface area contributed by atoms with Crippen molar-refractivity contribution in [3.8, 4) is 11.6 Å². The third-order valence-corrected chi connectivity index (χ3v) is 2.21. The standard InChI is InChI=1S/C10H9ClN2O/c1-7-6-10(14)13(12-7)9-5-3-2-4-8(9)11/h2-6,14H,1H3. The summed E-state index contributed by atoms with van der Waals surface area (Å²) in [6.45, 7) is 1.81. The highest BCUT2D eigenvalue weighted by Gasteiger charge is 2.08. The van der Waals surface area contributed by atoms with E-state index in [1.807, 2.05) is 19.1 Å². The molecule has 14 heavy (non-hydrogen) atoms. The van der Waals surface area contributed by atoms with Crippen molar-refractivity contribution >= 4 is 11.6 Å². The molecule has 4 heteroatoms. The van der Waals surface area contributed by atoms with Crippen molar-refractivity contribution in [2.45, 2.75) is 6.92 Å². The molecule has 2 rings (SSSR count). The van der Waals surface area contributed by atoms with Gasteiger partial charge in [0.15, 0.2) is 0 Å². The topological polar surface area (TPSA) is 38.0 Å². The van der Waals surface area contributed by atoms with Crippen molar-refractivity contribution in [3.05, 3.63) is 41.0 Å². The summed E-state index contributed by atoms with van der Waals surface area (Å²) in [5.41, 5.74) is 1.43. The van der Waals surface area contributed by atoms with Gasteiger partial charge in [-0.3, -0.25) is 0 Å². The molecule has 2 aromatic rings. The van der Waals surface area contributed by atoms with Crippen LogP contribution in [-0.4, -0.2) is 14.9 Å². The van der Waals surface area contributed by atoms with Crippen molar-refractivity contribution in [3.63, 3.8) is 0 Å². The molecule has 0 aliphatic rings. The summed E-state index contributed by atoms with van der Waals surface area (Å²) < 4.78 is 1.41. The monoisotopic (exact) mass is 208 g/mol. The summed E-state index contributed by atoms with van der Waals surface area (Å²) in [5, 5.41) is 14.2. The molecule has 0 saturated heterocycles. The number of aromatic hydroxyl groups is 1. The molecule has 0 aliphatic heterocycles. The van der Waals surface area contributed by atoms with Gasteiger partial charge < -0.3 is 5.11 Å². The van der Waals surface area contributed by atoms with Gasteiger partial charge in [0.25, 0.3) is 0 Å². The van der Waals surface area contributed by atoms with E-state index in [1.165, 1.54) is 4.68 Å². The lowest BCUT2D eigenvalue weighted by atomic mass is 10.3. The van der Waals surface area contributed by atoms with Crippen LogP contribution in [0.4, 0.5) is 0 Å². The van der Waals surface area contributed by atoms with Crippen molar-refractivity contribution in [2.24, 2.45) is 0 Å². The number of halogens is 1. The number of hydrogen-bond donors (Lipinski definition) is 1. The summed E-state index contributed by atoms with van der Waals surface area (Å²) in [5.74, 6) is 0.0931. The molecule has 0 amide bonds. The van der Waals surface area contributed by atoms with Gasteiger partial charge in [0.05, 0.1) is 16.4 Å². The van der Waals surface area contributed by atoms with Crippen LogP contribution in [0.15, 0.2) is 30.3 Å². The molecule has 1 aromatic heterocycles. The summed E-state index contributed by atoms with van der Waals surface area (Å²) in [4.78, 5) is 0. The molecule has 0 bridgehead atoms. The summed E-state index contributed by atoms with van der Waals surface area (Å²) in [7, 11) is 0. The summed E-state index contributed by atoms with van der Waals surface area (Å²) in [6, 6.07) is 8.82. The van der Waals surface area contributed by atoms with E-state index < -0.39 is 0 Å². The van der Waals surface area contributed by atoms with E-state index in [1.54, 1.807) is 18.2 Å². The average Bonchev–Trinajstić information content (AvgIpc) is 2.46. The lowest BCUT2D eigenvalue weighted by molar-refractivity contribution is 0.433. The van der Waals surface area contributed by atoms with Gasteiger partial charge >= 0.3 is 0 Å². The van der Waals surface area contributed by atoms with Gasteiger partial charge in [-0.25, -0.2) is 0 Å². The molecular formula is C10H9ClN2O. The van der Waals surface area contributed by atoms with Crippen LogP contribution in [0.25, 0.3) is 5.69 Å². The summed E-state index contributed by atoms with van der Waals surface area (Å²) in [6.07, 6.45) is 0. The van der Waals surface area contributed by atoms with E-state index in [-0.39, 0.29) is 5.88 Å². The maximum atomic E-state index is 9.55. The van der Waals surface area contributed by atoms with Crippen molar-refractivity contribution in [2.75, 3.05) is 0 Å². The first-order chi connectivity index (χ1) is 6.68. The minimum absolute atomic E-state index is 0.0931. The molecule has 72 valence electrons. The first kappa shape index (κ1) is 9.09. The second-order valence-electron chi connectivity index (χ2n) is 3.01. The molecule has 0 fully saturated rings. The fourth-order valence-corrected chi connectivity index (χ4v) is 1.50. The molecular weight excluding hydrogens is 200 g/mol. The zero-order valence-corrected chi connectivity index (χ0v) is 8.36. The first-order valence-corrected chi connectivity index (χ1v) is 4.57. The predicted molar refractivity (Wildman–Crippen MR) is 55.0 cm³/mol. The smallest absolute Gasteiger partial charge is 0.214 e. The lowest BCUT2D eigenvalue weighted by Crippen LogP contribution is -1.96. The van der Waals surface area contributed by atoms with Crippen molar-refractivity contribution < 1.29 is 5.11 Å². The maximum Gasteiger partial charge on any atom is 0.214 e.